The number of Topliss-reactive ketones (excluding diaryl/α,β-unsaturated/α-hetero) is 1. The minimum absolute atomic E-state index is 0.0802. The Bertz CT molecular complexity index is 917. The molecule has 0 spiro atoms. The van der Waals surface area contributed by atoms with Crippen LogP contribution in [-0.2, 0) is 11.2 Å². The Hall–Kier alpha value is -3.03. The van der Waals surface area contributed by atoms with Crippen molar-refractivity contribution in [3.8, 4) is 11.6 Å². The fraction of sp³-hybridized carbons (Fsp3) is 0.350. The maximum atomic E-state index is 14.3. The molecule has 0 saturated carbocycles. The lowest BCUT2D eigenvalue weighted by Gasteiger charge is -2.18. The third kappa shape index (κ3) is 3.42. The number of hydrogen-bond acceptors (Lipinski definition) is 5. The molecule has 0 N–H and O–H groups in total. The minimum Gasteiger partial charge on any atom is -0.479 e. The largest absolute Gasteiger partial charge is 0.479 e. The number of fused-ring (bicyclic) bond motifs is 1. The van der Waals surface area contributed by atoms with Gasteiger partial charge in [-0.25, -0.2) is 13.8 Å². The van der Waals surface area contributed by atoms with Crippen LogP contribution in [0.2, 0.25) is 0 Å². The lowest BCUT2D eigenvalue weighted by atomic mass is 10.1. The maximum Gasteiger partial charge on any atom is 0.268 e. The second-order valence-electron chi connectivity index (χ2n) is 6.63. The Balaban J connectivity index is 1.46. The van der Waals surface area contributed by atoms with E-state index < -0.39 is 18.6 Å². The fourth-order valence-electron chi connectivity index (χ4n) is 3.50. The van der Waals surface area contributed by atoms with E-state index in [1.165, 1.54) is 23.2 Å². The summed E-state index contributed by atoms with van der Waals surface area (Å²) >= 11 is 0. The molecule has 28 heavy (non-hydrogen) atoms. The van der Waals surface area contributed by atoms with E-state index in [0.717, 1.165) is 0 Å². The predicted molar refractivity (Wildman–Crippen MR) is 96.1 cm³/mol. The van der Waals surface area contributed by atoms with Gasteiger partial charge in [-0.1, -0.05) is 0 Å². The smallest absolute Gasteiger partial charge is 0.268 e. The number of carbonyl (C=O) groups excluding carboxylic acids is 2. The number of amides is 1. The van der Waals surface area contributed by atoms with Gasteiger partial charge < -0.3 is 14.4 Å². The molecule has 1 aliphatic carbocycles. The number of pyridine rings is 1. The van der Waals surface area contributed by atoms with Crippen LogP contribution in [0.4, 0.5) is 14.5 Å². The van der Waals surface area contributed by atoms with Crippen molar-refractivity contribution in [3.05, 3.63) is 47.4 Å². The molecule has 1 atom stereocenters. The first kappa shape index (κ1) is 18.3. The minimum atomic E-state index is -0.730. The number of rotatable bonds is 6. The Morgan fingerprint density at radius 1 is 1.21 bits per heavy atom. The molecule has 1 amide bonds. The molecule has 1 aromatic heterocycles. The van der Waals surface area contributed by atoms with Gasteiger partial charge in [-0.3, -0.25) is 9.59 Å². The molecule has 0 bridgehead atoms. The van der Waals surface area contributed by atoms with Crippen LogP contribution in [0.5, 0.6) is 11.6 Å². The summed E-state index contributed by atoms with van der Waals surface area (Å²) < 4.78 is 37.2. The van der Waals surface area contributed by atoms with Crippen LogP contribution in [-0.4, -0.2) is 42.6 Å². The fourth-order valence-corrected chi connectivity index (χ4v) is 3.50. The zero-order valence-corrected chi connectivity index (χ0v) is 15.0. The predicted octanol–water partition coefficient (Wildman–Crippen LogP) is 2.88. The Kier molecular flexibility index (Phi) is 4.93. The van der Waals surface area contributed by atoms with Gasteiger partial charge in [0, 0.05) is 36.7 Å². The van der Waals surface area contributed by atoms with Gasteiger partial charge in [-0.05, 0) is 30.2 Å². The van der Waals surface area contributed by atoms with Crippen molar-refractivity contribution in [1.82, 2.24) is 4.98 Å². The van der Waals surface area contributed by atoms with E-state index in [1.807, 2.05) is 0 Å². The van der Waals surface area contributed by atoms with Gasteiger partial charge in [0.1, 0.15) is 24.8 Å². The number of anilines is 1. The highest BCUT2D eigenvalue weighted by Crippen LogP contribution is 2.32. The average molecular weight is 388 g/mol. The van der Waals surface area contributed by atoms with Crippen molar-refractivity contribution < 1.29 is 27.8 Å². The van der Waals surface area contributed by atoms with Crippen molar-refractivity contribution in [1.29, 1.82) is 0 Å². The first-order chi connectivity index (χ1) is 13.6. The summed E-state index contributed by atoms with van der Waals surface area (Å²) in [7, 11) is 0. The highest BCUT2D eigenvalue weighted by molar-refractivity contribution is 6.04. The van der Waals surface area contributed by atoms with Crippen LogP contribution in [0, 0.1) is 5.82 Å². The number of hydrogen-bond donors (Lipinski definition) is 0. The normalized spacial score (nSPS) is 18.5. The summed E-state index contributed by atoms with van der Waals surface area (Å²) in [6.45, 7) is -0.328. The number of benzene rings is 1. The van der Waals surface area contributed by atoms with E-state index in [0.29, 0.717) is 48.4 Å². The number of nitrogens with zero attached hydrogens (tertiary/aromatic N) is 2. The summed E-state index contributed by atoms with van der Waals surface area (Å²) in [4.78, 5) is 30.1. The lowest BCUT2D eigenvalue weighted by molar-refractivity contribution is -0.122. The number of carbonyl (C=O) groups is 2. The molecule has 1 saturated heterocycles. The third-order valence-electron chi connectivity index (χ3n) is 4.87. The van der Waals surface area contributed by atoms with Gasteiger partial charge in [0.15, 0.2) is 11.9 Å². The summed E-state index contributed by atoms with van der Waals surface area (Å²) in [6, 6.07) is 6.01. The maximum absolute atomic E-state index is 14.3. The molecule has 2 aliphatic rings. The second-order valence-corrected chi connectivity index (χ2v) is 6.63. The van der Waals surface area contributed by atoms with Crippen LogP contribution in [0.25, 0.3) is 0 Å². The Labute approximate surface area is 160 Å². The first-order valence-corrected chi connectivity index (χ1v) is 9.05. The number of ether oxygens (including phenoxy) is 2. The molecule has 6 nitrogen and oxygen atoms in total. The zero-order chi connectivity index (χ0) is 19.7. The number of ketones is 1. The van der Waals surface area contributed by atoms with Gasteiger partial charge in [-0.15, -0.1) is 0 Å². The van der Waals surface area contributed by atoms with Crippen molar-refractivity contribution in [3.63, 3.8) is 0 Å². The number of halogens is 2. The van der Waals surface area contributed by atoms with Gasteiger partial charge in [0.2, 0.25) is 5.88 Å². The number of aromatic nitrogens is 1. The molecular weight excluding hydrogens is 370 g/mol. The van der Waals surface area contributed by atoms with E-state index in [9.17, 15) is 18.4 Å². The standard InChI is InChI=1S/C20H18F2N2O4/c21-6-8-27-19-4-1-13(11-23-19)28-18-5-7-24(20(18)26)12-9-15-14(16(22)10-12)2-3-17(15)25/h1,4,9-11,18H,2-3,5-8H2/t18-/m1/s1. The summed E-state index contributed by atoms with van der Waals surface area (Å²) in [6.07, 6.45) is 1.79. The molecule has 0 radical (unpaired) electrons. The quantitative estimate of drug-likeness (QED) is 0.761. The van der Waals surface area contributed by atoms with Crippen LogP contribution in [0.1, 0.15) is 28.8 Å². The highest BCUT2D eigenvalue weighted by atomic mass is 19.1. The number of alkyl halides is 1. The zero-order valence-electron chi connectivity index (χ0n) is 15.0. The van der Waals surface area contributed by atoms with E-state index in [4.69, 9.17) is 9.47 Å². The van der Waals surface area contributed by atoms with Crippen molar-refractivity contribution in [2.24, 2.45) is 0 Å². The van der Waals surface area contributed by atoms with Gasteiger partial charge in [0.25, 0.3) is 5.91 Å². The third-order valence-corrected chi connectivity index (χ3v) is 4.87. The summed E-state index contributed by atoms with van der Waals surface area (Å²) in [5, 5.41) is 0. The molecule has 2 heterocycles. The summed E-state index contributed by atoms with van der Waals surface area (Å²) in [5.41, 5.74) is 1.16. The topological polar surface area (TPSA) is 68.7 Å². The van der Waals surface area contributed by atoms with Crippen molar-refractivity contribution >= 4 is 17.4 Å². The lowest BCUT2D eigenvalue weighted by Crippen LogP contribution is -2.32. The highest BCUT2D eigenvalue weighted by Gasteiger charge is 2.36. The summed E-state index contributed by atoms with van der Waals surface area (Å²) in [5.74, 6) is -0.215. The van der Waals surface area contributed by atoms with Crippen LogP contribution < -0.4 is 14.4 Å². The SMILES string of the molecule is O=C1CCc2c(F)cc(N3CC[C@@H](Oc4ccc(OCCF)nc4)C3=O)cc21. The van der Waals surface area contributed by atoms with Crippen molar-refractivity contribution in [2.75, 3.05) is 24.7 Å². The van der Waals surface area contributed by atoms with Crippen molar-refractivity contribution in [2.45, 2.75) is 25.4 Å². The van der Waals surface area contributed by atoms with E-state index >= 15 is 0 Å². The molecule has 1 aromatic carbocycles. The van der Waals surface area contributed by atoms with Crippen LogP contribution in [0.3, 0.4) is 0 Å². The van der Waals surface area contributed by atoms with Gasteiger partial charge in [0.05, 0.1) is 6.20 Å². The van der Waals surface area contributed by atoms with E-state index in [-0.39, 0.29) is 24.2 Å². The Morgan fingerprint density at radius 3 is 2.82 bits per heavy atom. The molecular formula is C20H18F2N2O4. The molecule has 1 fully saturated rings. The van der Waals surface area contributed by atoms with Crippen LogP contribution in [0.15, 0.2) is 30.5 Å². The average Bonchev–Trinajstić information content (AvgIpc) is 3.25. The van der Waals surface area contributed by atoms with Gasteiger partial charge >= 0.3 is 0 Å². The van der Waals surface area contributed by atoms with E-state index in [2.05, 4.69) is 4.98 Å². The Morgan fingerprint density at radius 2 is 2.07 bits per heavy atom. The van der Waals surface area contributed by atoms with Gasteiger partial charge in [-0.2, -0.15) is 0 Å². The first-order valence-electron chi connectivity index (χ1n) is 9.05. The molecule has 1 aliphatic heterocycles. The van der Waals surface area contributed by atoms with Crippen LogP contribution >= 0.6 is 0 Å². The second kappa shape index (κ2) is 7.53. The molecule has 0 unspecified atom stereocenters. The molecule has 146 valence electrons. The monoisotopic (exact) mass is 388 g/mol. The molecule has 4 rings (SSSR count). The molecule has 2 aromatic rings. The molecule has 8 heteroatoms. The van der Waals surface area contributed by atoms with E-state index in [1.54, 1.807) is 12.1 Å².